The largest absolute Gasteiger partial charge is 0.391 e. The highest BCUT2D eigenvalue weighted by Crippen LogP contribution is 2.30. The van der Waals surface area contributed by atoms with Crippen molar-refractivity contribution in [3.8, 4) is 0 Å². The monoisotopic (exact) mass is 305 g/mol. The van der Waals surface area contributed by atoms with E-state index in [9.17, 15) is 13.5 Å². The molecule has 2 heterocycles. The molecular weight excluding hydrogens is 286 g/mol. The average molecular weight is 305 g/mol. The van der Waals surface area contributed by atoms with Crippen LogP contribution in [-0.2, 0) is 23.5 Å². The Morgan fingerprint density at radius 2 is 2.21 bits per heavy atom. The van der Waals surface area contributed by atoms with Crippen molar-refractivity contribution in [2.45, 2.75) is 18.9 Å². The van der Waals surface area contributed by atoms with Gasteiger partial charge in [-0.15, -0.1) is 0 Å². The van der Waals surface area contributed by atoms with Crippen LogP contribution in [0.5, 0.6) is 0 Å². The first-order valence-corrected chi connectivity index (χ1v) is 9.13. The SMILES string of the molecule is Cc1nn(C)c(N2CCSCC2S(C)(=O)=O)c1CO. The summed E-state index contributed by atoms with van der Waals surface area (Å²) >= 11 is 1.64. The van der Waals surface area contributed by atoms with Crippen molar-refractivity contribution in [2.75, 3.05) is 29.2 Å². The minimum Gasteiger partial charge on any atom is -0.391 e. The normalized spacial score (nSPS) is 20.8. The lowest BCUT2D eigenvalue weighted by Gasteiger charge is -2.36. The summed E-state index contributed by atoms with van der Waals surface area (Å²) in [7, 11) is -1.39. The molecule has 1 atom stereocenters. The number of hydrogen-bond donors (Lipinski definition) is 1. The van der Waals surface area contributed by atoms with Crippen LogP contribution in [0.1, 0.15) is 11.3 Å². The molecule has 1 N–H and O–H groups in total. The van der Waals surface area contributed by atoms with Gasteiger partial charge in [-0.1, -0.05) is 0 Å². The van der Waals surface area contributed by atoms with Crippen LogP contribution in [0.2, 0.25) is 0 Å². The first-order valence-electron chi connectivity index (χ1n) is 6.03. The third kappa shape index (κ3) is 2.75. The van der Waals surface area contributed by atoms with Crippen LogP contribution in [0.3, 0.4) is 0 Å². The highest BCUT2D eigenvalue weighted by Gasteiger charge is 2.34. The molecule has 0 aromatic carbocycles. The van der Waals surface area contributed by atoms with Gasteiger partial charge in [0.25, 0.3) is 0 Å². The Kier molecular flexibility index (Phi) is 4.12. The zero-order valence-electron chi connectivity index (χ0n) is 11.3. The van der Waals surface area contributed by atoms with Gasteiger partial charge in [-0.05, 0) is 6.92 Å². The van der Waals surface area contributed by atoms with Gasteiger partial charge in [0.2, 0.25) is 0 Å². The van der Waals surface area contributed by atoms with Crippen molar-refractivity contribution in [1.29, 1.82) is 0 Å². The van der Waals surface area contributed by atoms with E-state index in [1.165, 1.54) is 6.26 Å². The third-order valence-corrected chi connectivity index (χ3v) is 5.97. The minimum absolute atomic E-state index is 0.130. The molecule has 0 aliphatic carbocycles. The maximum absolute atomic E-state index is 11.9. The zero-order valence-corrected chi connectivity index (χ0v) is 13.0. The van der Waals surface area contributed by atoms with Crippen molar-refractivity contribution < 1.29 is 13.5 Å². The van der Waals surface area contributed by atoms with E-state index in [0.29, 0.717) is 17.9 Å². The number of hydrogen-bond acceptors (Lipinski definition) is 6. The summed E-state index contributed by atoms with van der Waals surface area (Å²) in [5, 5.41) is 13.2. The first-order chi connectivity index (χ1) is 8.86. The average Bonchev–Trinajstić information content (AvgIpc) is 2.62. The number of rotatable bonds is 3. The molecule has 1 unspecified atom stereocenters. The fourth-order valence-corrected chi connectivity index (χ4v) is 5.23. The molecule has 0 saturated carbocycles. The van der Waals surface area contributed by atoms with Crippen LogP contribution in [0.4, 0.5) is 5.82 Å². The number of aryl methyl sites for hydroxylation is 2. The molecular formula is C11H19N3O3S2. The predicted molar refractivity (Wildman–Crippen MR) is 77.2 cm³/mol. The second kappa shape index (κ2) is 5.34. The minimum atomic E-state index is -3.17. The van der Waals surface area contributed by atoms with Gasteiger partial charge in [0.05, 0.1) is 12.3 Å². The van der Waals surface area contributed by atoms with Crippen LogP contribution in [0, 0.1) is 6.92 Å². The fraction of sp³-hybridized carbons (Fsp3) is 0.727. The maximum Gasteiger partial charge on any atom is 0.169 e. The molecule has 1 fully saturated rings. The lowest BCUT2D eigenvalue weighted by Crippen LogP contribution is -2.48. The number of aromatic nitrogens is 2. The molecule has 108 valence electrons. The Morgan fingerprint density at radius 3 is 2.79 bits per heavy atom. The smallest absolute Gasteiger partial charge is 0.169 e. The quantitative estimate of drug-likeness (QED) is 0.856. The summed E-state index contributed by atoms with van der Waals surface area (Å²) in [4.78, 5) is 1.86. The molecule has 0 bridgehead atoms. The fourth-order valence-electron chi connectivity index (χ4n) is 2.41. The highest BCUT2D eigenvalue weighted by molar-refractivity contribution is 8.01. The summed E-state index contributed by atoms with van der Waals surface area (Å²) in [5.74, 6) is 2.14. The second-order valence-electron chi connectivity index (χ2n) is 4.72. The predicted octanol–water partition coefficient (Wildman–Crippen LogP) is 0.145. The molecule has 1 saturated heterocycles. The molecule has 1 aliphatic rings. The first kappa shape index (κ1) is 14.7. The van der Waals surface area contributed by atoms with Gasteiger partial charge in [-0.2, -0.15) is 16.9 Å². The van der Waals surface area contributed by atoms with E-state index in [-0.39, 0.29) is 6.61 Å². The number of sulfone groups is 1. The van der Waals surface area contributed by atoms with Gasteiger partial charge in [0, 0.05) is 36.9 Å². The molecule has 2 rings (SSSR count). The Hall–Kier alpha value is -0.730. The van der Waals surface area contributed by atoms with Crippen LogP contribution in [0.15, 0.2) is 0 Å². The van der Waals surface area contributed by atoms with E-state index in [0.717, 1.165) is 17.3 Å². The van der Waals surface area contributed by atoms with Gasteiger partial charge in [-0.3, -0.25) is 4.68 Å². The van der Waals surface area contributed by atoms with E-state index in [4.69, 9.17) is 0 Å². The molecule has 1 aromatic rings. The van der Waals surface area contributed by atoms with E-state index in [2.05, 4.69) is 5.10 Å². The Balaban J connectivity index is 2.49. The molecule has 8 heteroatoms. The van der Waals surface area contributed by atoms with Gasteiger partial charge in [-0.25, -0.2) is 8.42 Å². The Morgan fingerprint density at radius 1 is 1.53 bits per heavy atom. The number of nitrogens with zero attached hydrogens (tertiary/aromatic N) is 3. The number of aliphatic hydroxyl groups excluding tert-OH is 1. The van der Waals surface area contributed by atoms with Crippen molar-refractivity contribution in [2.24, 2.45) is 7.05 Å². The summed E-state index contributed by atoms with van der Waals surface area (Å²) < 4.78 is 25.5. The summed E-state index contributed by atoms with van der Waals surface area (Å²) in [6, 6.07) is 0. The van der Waals surface area contributed by atoms with Crippen LogP contribution in [0.25, 0.3) is 0 Å². The van der Waals surface area contributed by atoms with E-state index >= 15 is 0 Å². The molecule has 6 nitrogen and oxygen atoms in total. The number of thioether (sulfide) groups is 1. The van der Waals surface area contributed by atoms with Crippen molar-refractivity contribution in [3.63, 3.8) is 0 Å². The highest BCUT2D eigenvalue weighted by atomic mass is 32.2. The van der Waals surface area contributed by atoms with Crippen LogP contribution in [-0.4, -0.2) is 53.0 Å². The lowest BCUT2D eigenvalue weighted by atomic mass is 10.2. The van der Waals surface area contributed by atoms with E-state index in [1.807, 2.05) is 11.8 Å². The topological polar surface area (TPSA) is 75.4 Å². The molecule has 0 spiro atoms. The van der Waals surface area contributed by atoms with Crippen LogP contribution < -0.4 is 4.90 Å². The molecule has 0 radical (unpaired) electrons. The maximum atomic E-state index is 11.9. The zero-order chi connectivity index (χ0) is 14.2. The van der Waals surface area contributed by atoms with Gasteiger partial charge in [0.1, 0.15) is 11.2 Å². The molecule has 19 heavy (non-hydrogen) atoms. The van der Waals surface area contributed by atoms with Crippen molar-refractivity contribution >= 4 is 27.4 Å². The molecule has 1 aromatic heterocycles. The summed E-state index contributed by atoms with van der Waals surface area (Å²) in [6.07, 6.45) is 1.26. The van der Waals surface area contributed by atoms with Gasteiger partial charge >= 0.3 is 0 Å². The Bertz CT molecular complexity index is 568. The number of aliphatic hydroxyl groups is 1. The van der Waals surface area contributed by atoms with E-state index in [1.54, 1.807) is 23.5 Å². The number of anilines is 1. The van der Waals surface area contributed by atoms with Crippen molar-refractivity contribution in [1.82, 2.24) is 9.78 Å². The van der Waals surface area contributed by atoms with E-state index < -0.39 is 15.2 Å². The Labute approximate surface area is 117 Å². The lowest BCUT2D eigenvalue weighted by molar-refractivity contribution is 0.281. The van der Waals surface area contributed by atoms with Gasteiger partial charge < -0.3 is 10.0 Å². The molecule has 0 amide bonds. The standard InChI is InChI=1S/C11H19N3O3S2/c1-8-9(6-15)11(13(2)12-8)14-4-5-18-7-10(14)19(3,16)17/h10,15H,4-7H2,1-3H3. The van der Waals surface area contributed by atoms with Crippen LogP contribution >= 0.6 is 11.8 Å². The second-order valence-corrected chi connectivity index (χ2v) is 8.07. The van der Waals surface area contributed by atoms with Crippen molar-refractivity contribution in [3.05, 3.63) is 11.3 Å². The summed E-state index contributed by atoms with van der Waals surface area (Å²) in [5.41, 5.74) is 1.45. The van der Waals surface area contributed by atoms with Gasteiger partial charge in [0.15, 0.2) is 9.84 Å². The summed E-state index contributed by atoms with van der Waals surface area (Å²) in [6.45, 7) is 2.34. The third-order valence-electron chi connectivity index (χ3n) is 3.32. The molecule has 1 aliphatic heterocycles.